The van der Waals surface area contributed by atoms with E-state index in [9.17, 15) is 0 Å². The van der Waals surface area contributed by atoms with Crippen LogP contribution in [0.15, 0.2) is 0 Å². The van der Waals surface area contributed by atoms with Crippen molar-refractivity contribution in [3.63, 3.8) is 0 Å². The van der Waals surface area contributed by atoms with Crippen LogP contribution in [0.2, 0.25) is 0 Å². The normalized spacial score (nSPS) is 16.5. The first kappa shape index (κ1) is 17.4. The third kappa shape index (κ3) is 8.47. The van der Waals surface area contributed by atoms with Crippen LogP contribution < -0.4 is 5.32 Å². The van der Waals surface area contributed by atoms with Gasteiger partial charge in [-0.3, -0.25) is 4.90 Å². The van der Waals surface area contributed by atoms with Crippen LogP contribution in [0.5, 0.6) is 0 Å². The van der Waals surface area contributed by atoms with Gasteiger partial charge in [0, 0.05) is 29.5 Å². The van der Waals surface area contributed by atoms with Crippen LogP contribution in [0.3, 0.4) is 0 Å². The summed E-state index contributed by atoms with van der Waals surface area (Å²) < 4.78 is 2.30. The summed E-state index contributed by atoms with van der Waals surface area (Å²) in [7, 11) is 2.20. The van der Waals surface area contributed by atoms with E-state index < -0.39 is 0 Å². The quantitative estimate of drug-likeness (QED) is 0.362. The van der Waals surface area contributed by atoms with Gasteiger partial charge in [-0.1, -0.05) is 72.9 Å². The second-order valence-electron chi connectivity index (χ2n) is 6.24. The number of halogens is 2. The van der Waals surface area contributed by atoms with Gasteiger partial charge in [0.15, 0.2) is 0 Å². The van der Waals surface area contributed by atoms with E-state index in [1.165, 1.54) is 4.43 Å². The number of nitrogens with zero attached hydrogens (tertiary/aromatic N) is 1. The minimum atomic E-state index is 0.376. The fourth-order valence-electron chi connectivity index (χ4n) is 1.58. The van der Waals surface area contributed by atoms with Crippen LogP contribution in [0.1, 0.15) is 27.7 Å². The molecule has 0 aliphatic rings. The summed E-state index contributed by atoms with van der Waals surface area (Å²) in [5.41, 5.74) is 0.757. The molecular weight excluding hydrogens is 426 g/mol. The summed E-state index contributed by atoms with van der Waals surface area (Å²) in [6.07, 6.45) is 0. The van der Waals surface area contributed by atoms with Crippen LogP contribution >= 0.6 is 45.2 Å². The molecule has 0 heterocycles. The van der Waals surface area contributed by atoms with Gasteiger partial charge < -0.3 is 5.32 Å². The largest absolute Gasteiger partial charge is 0.316 e. The Morgan fingerprint density at radius 1 is 1.06 bits per heavy atom. The van der Waals surface area contributed by atoms with Gasteiger partial charge in [-0.2, -0.15) is 0 Å². The van der Waals surface area contributed by atoms with Crippen molar-refractivity contribution in [2.75, 3.05) is 35.7 Å². The monoisotopic (exact) mass is 452 g/mol. The third-order valence-electron chi connectivity index (χ3n) is 2.39. The highest BCUT2D eigenvalue weighted by Crippen LogP contribution is 2.21. The van der Waals surface area contributed by atoms with Gasteiger partial charge in [0.05, 0.1) is 4.55 Å². The molecule has 0 amide bonds. The summed E-state index contributed by atoms with van der Waals surface area (Å²) in [4.78, 5) is 2.39. The molecule has 0 aromatic heterocycles. The summed E-state index contributed by atoms with van der Waals surface area (Å²) >= 11 is 4.93. The van der Waals surface area contributed by atoms with Crippen molar-refractivity contribution in [3.8, 4) is 0 Å². The number of hydrogen-bond acceptors (Lipinski definition) is 2. The molecule has 2 nitrogen and oxygen atoms in total. The molecule has 0 aromatic rings. The van der Waals surface area contributed by atoms with Crippen molar-refractivity contribution in [3.05, 3.63) is 0 Å². The van der Waals surface area contributed by atoms with Gasteiger partial charge in [0.2, 0.25) is 0 Å². The van der Waals surface area contributed by atoms with Crippen LogP contribution in [-0.4, -0.2) is 40.6 Å². The topological polar surface area (TPSA) is 15.3 Å². The minimum Gasteiger partial charge on any atom is -0.316 e. The average molecular weight is 452 g/mol. The van der Waals surface area contributed by atoms with E-state index in [0.717, 1.165) is 24.2 Å². The first-order valence-corrected chi connectivity index (χ1v) is 8.79. The van der Waals surface area contributed by atoms with Crippen molar-refractivity contribution in [2.45, 2.75) is 27.7 Å². The predicted molar refractivity (Wildman–Crippen MR) is 90.8 cm³/mol. The molecule has 0 radical (unpaired) electrons. The van der Waals surface area contributed by atoms with Crippen molar-refractivity contribution >= 4 is 45.2 Å². The molecule has 0 aliphatic carbocycles. The molecule has 0 saturated carbocycles. The maximum absolute atomic E-state index is 3.61. The van der Waals surface area contributed by atoms with E-state index in [4.69, 9.17) is 0 Å². The molecule has 0 aliphatic heterocycles. The number of alkyl halides is 2. The van der Waals surface area contributed by atoms with Gasteiger partial charge in [0.1, 0.15) is 0 Å². The molecule has 98 valence electrons. The molecule has 1 N–H and O–H groups in total. The lowest BCUT2D eigenvalue weighted by atomic mass is 9.91. The highest BCUT2D eigenvalue weighted by molar-refractivity contribution is 14.1. The van der Waals surface area contributed by atoms with E-state index in [1.54, 1.807) is 0 Å². The maximum Gasteiger partial charge on any atom is 0.0502 e. The third-order valence-corrected chi connectivity index (χ3v) is 5.39. The zero-order valence-electron chi connectivity index (χ0n) is 11.2. The van der Waals surface area contributed by atoms with Gasteiger partial charge in [-0.15, -0.1) is 0 Å². The summed E-state index contributed by atoms with van der Waals surface area (Å²) in [6.45, 7) is 12.6. The Bertz CT molecular complexity index is 192. The molecule has 1 atom stereocenters. The fraction of sp³-hybridized carbons (Fsp3) is 1.00. The van der Waals surface area contributed by atoms with Crippen LogP contribution in [0, 0.1) is 10.8 Å². The van der Waals surface area contributed by atoms with Crippen molar-refractivity contribution in [2.24, 2.45) is 10.8 Å². The molecule has 4 heteroatoms. The first-order chi connectivity index (χ1) is 7.22. The maximum atomic E-state index is 3.61. The number of nitrogens with one attached hydrogen (secondary N) is 1. The van der Waals surface area contributed by atoms with Crippen molar-refractivity contribution in [1.29, 1.82) is 0 Å². The van der Waals surface area contributed by atoms with Gasteiger partial charge >= 0.3 is 0 Å². The highest BCUT2D eigenvalue weighted by atomic mass is 127. The molecule has 16 heavy (non-hydrogen) atoms. The Kier molecular flexibility index (Phi) is 8.40. The molecule has 0 aromatic carbocycles. The smallest absolute Gasteiger partial charge is 0.0502 e. The standard InChI is InChI=1S/C12H26I2N2/c1-11(2,3)7-15-8-12(4,6-13)9-16(5)10-14/h15H,6-10H2,1-5H3. The number of rotatable bonds is 7. The molecule has 0 fully saturated rings. The van der Waals surface area contributed by atoms with E-state index in [0.29, 0.717) is 10.8 Å². The zero-order chi connectivity index (χ0) is 12.8. The average Bonchev–Trinajstić information content (AvgIpc) is 2.15. The van der Waals surface area contributed by atoms with Gasteiger partial charge in [-0.05, 0) is 12.5 Å². The Balaban J connectivity index is 4.06. The second-order valence-corrected chi connectivity index (χ2v) is 7.69. The van der Waals surface area contributed by atoms with Crippen molar-refractivity contribution in [1.82, 2.24) is 10.2 Å². The zero-order valence-corrected chi connectivity index (χ0v) is 15.6. The summed E-state index contributed by atoms with van der Waals surface area (Å²) in [6, 6.07) is 0. The fourth-order valence-corrected chi connectivity index (χ4v) is 2.33. The SMILES string of the molecule is CN(CI)CC(C)(CI)CNCC(C)(C)C. The van der Waals surface area contributed by atoms with E-state index in [-0.39, 0.29) is 0 Å². The summed E-state index contributed by atoms with van der Waals surface area (Å²) in [5.74, 6) is 0. The molecule has 0 saturated heterocycles. The van der Waals surface area contributed by atoms with Crippen molar-refractivity contribution < 1.29 is 0 Å². The highest BCUT2D eigenvalue weighted by Gasteiger charge is 2.24. The second kappa shape index (κ2) is 7.74. The molecule has 0 rings (SSSR count). The Morgan fingerprint density at radius 3 is 2.00 bits per heavy atom. The minimum absolute atomic E-state index is 0.376. The van der Waals surface area contributed by atoms with E-state index >= 15 is 0 Å². The van der Waals surface area contributed by atoms with Gasteiger partial charge in [-0.25, -0.2) is 0 Å². The molecular formula is C12H26I2N2. The van der Waals surface area contributed by atoms with Crippen LogP contribution in [0.25, 0.3) is 0 Å². The molecule has 0 spiro atoms. The first-order valence-electron chi connectivity index (χ1n) is 5.74. The Labute approximate surface area is 129 Å². The number of hydrogen-bond donors (Lipinski definition) is 1. The molecule has 1 unspecified atom stereocenters. The van der Waals surface area contributed by atoms with E-state index in [1.807, 2.05) is 0 Å². The Hall–Kier alpha value is 1.38. The van der Waals surface area contributed by atoms with E-state index in [2.05, 4.69) is 90.1 Å². The lowest BCUT2D eigenvalue weighted by Gasteiger charge is -2.33. The summed E-state index contributed by atoms with van der Waals surface area (Å²) in [5, 5.41) is 3.61. The van der Waals surface area contributed by atoms with Gasteiger partial charge in [0.25, 0.3) is 0 Å². The predicted octanol–water partition coefficient (Wildman–Crippen LogP) is 3.39. The Morgan fingerprint density at radius 2 is 1.62 bits per heavy atom. The van der Waals surface area contributed by atoms with Crippen LogP contribution in [0.4, 0.5) is 0 Å². The lowest BCUT2D eigenvalue weighted by molar-refractivity contribution is 0.228. The lowest BCUT2D eigenvalue weighted by Crippen LogP contribution is -2.43. The molecule has 0 bridgehead atoms. The van der Waals surface area contributed by atoms with Crippen LogP contribution in [-0.2, 0) is 0 Å².